The minimum absolute atomic E-state index is 0.0390. The van der Waals surface area contributed by atoms with Crippen LogP contribution in [0.1, 0.15) is 34.3 Å². The Morgan fingerprint density at radius 2 is 1.50 bits per heavy atom. The van der Waals surface area contributed by atoms with Crippen molar-refractivity contribution in [1.29, 1.82) is 0 Å². The predicted molar refractivity (Wildman–Crippen MR) is 103 cm³/mol. The number of piperazine rings is 1. The van der Waals surface area contributed by atoms with E-state index in [0.29, 0.717) is 12.0 Å². The van der Waals surface area contributed by atoms with Crippen molar-refractivity contribution in [3.8, 4) is 0 Å². The number of amides is 1. The lowest BCUT2D eigenvalue weighted by Gasteiger charge is -2.35. The van der Waals surface area contributed by atoms with E-state index >= 15 is 0 Å². The van der Waals surface area contributed by atoms with Crippen molar-refractivity contribution in [3.63, 3.8) is 0 Å². The van der Waals surface area contributed by atoms with Crippen molar-refractivity contribution < 1.29 is 9.59 Å². The van der Waals surface area contributed by atoms with Gasteiger partial charge in [-0.25, -0.2) is 0 Å². The smallest absolute Gasteiger partial charge is 0.223 e. The van der Waals surface area contributed by atoms with Crippen molar-refractivity contribution in [2.24, 2.45) is 0 Å². The van der Waals surface area contributed by atoms with Crippen LogP contribution in [0.3, 0.4) is 0 Å². The number of benzene rings is 2. The van der Waals surface area contributed by atoms with Crippen LogP contribution in [0, 0.1) is 6.92 Å². The number of carbonyl (C=O) groups excluding carboxylic acids is 2. The van der Waals surface area contributed by atoms with E-state index in [1.807, 2.05) is 23.1 Å². The number of carbonyl (C=O) groups is 2. The third-order valence-electron chi connectivity index (χ3n) is 5.04. The number of hydrogen-bond donors (Lipinski definition) is 0. The van der Waals surface area contributed by atoms with Gasteiger partial charge in [0.15, 0.2) is 5.78 Å². The summed E-state index contributed by atoms with van der Waals surface area (Å²) in [5, 5.41) is 0. The summed E-state index contributed by atoms with van der Waals surface area (Å²) in [4.78, 5) is 28.8. The molecule has 2 aromatic carbocycles. The topological polar surface area (TPSA) is 40.6 Å². The fourth-order valence-electron chi connectivity index (χ4n) is 3.33. The lowest BCUT2D eigenvalue weighted by Crippen LogP contribution is -2.48. The van der Waals surface area contributed by atoms with Crippen LogP contribution in [0.25, 0.3) is 0 Å². The van der Waals surface area contributed by atoms with E-state index in [4.69, 9.17) is 0 Å². The van der Waals surface area contributed by atoms with Gasteiger partial charge in [0.2, 0.25) is 5.91 Å². The summed E-state index contributed by atoms with van der Waals surface area (Å²) in [5.74, 6) is 0.127. The summed E-state index contributed by atoms with van der Waals surface area (Å²) in [7, 11) is 0. The van der Waals surface area contributed by atoms with Crippen LogP contribution in [0.2, 0.25) is 0 Å². The highest BCUT2D eigenvalue weighted by atomic mass is 16.2. The van der Waals surface area contributed by atoms with E-state index in [2.05, 4.69) is 36.1 Å². The van der Waals surface area contributed by atoms with Gasteiger partial charge in [0, 0.05) is 51.1 Å². The number of aryl methyl sites for hydroxylation is 1. The Hall–Kier alpha value is -2.46. The number of nitrogens with zero attached hydrogens (tertiary/aromatic N) is 2. The maximum absolute atomic E-state index is 12.4. The van der Waals surface area contributed by atoms with Gasteiger partial charge in [-0.05, 0) is 18.1 Å². The number of hydrogen-bond acceptors (Lipinski definition) is 3. The lowest BCUT2D eigenvalue weighted by molar-refractivity contribution is -0.133. The van der Waals surface area contributed by atoms with Gasteiger partial charge in [-0.3, -0.25) is 14.5 Å². The van der Waals surface area contributed by atoms with Crippen LogP contribution in [-0.2, 0) is 11.3 Å². The maximum atomic E-state index is 12.4. The molecule has 0 atom stereocenters. The highest BCUT2D eigenvalue weighted by Crippen LogP contribution is 2.14. The van der Waals surface area contributed by atoms with Gasteiger partial charge in [-0.1, -0.05) is 54.6 Å². The Morgan fingerprint density at radius 3 is 2.19 bits per heavy atom. The second-order valence-corrected chi connectivity index (χ2v) is 6.87. The summed E-state index contributed by atoms with van der Waals surface area (Å²) in [6.45, 7) is 6.31. The molecule has 0 saturated carbocycles. The van der Waals surface area contributed by atoms with Gasteiger partial charge in [0.05, 0.1) is 0 Å². The summed E-state index contributed by atoms with van der Waals surface area (Å²) < 4.78 is 0. The van der Waals surface area contributed by atoms with E-state index in [-0.39, 0.29) is 18.1 Å². The molecule has 0 unspecified atom stereocenters. The zero-order valence-electron chi connectivity index (χ0n) is 15.4. The highest BCUT2D eigenvalue weighted by molar-refractivity contribution is 5.97. The quantitative estimate of drug-likeness (QED) is 0.751. The average molecular weight is 350 g/mol. The second-order valence-electron chi connectivity index (χ2n) is 6.87. The molecule has 0 aromatic heterocycles. The molecule has 1 aliphatic heterocycles. The summed E-state index contributed by atoms with van der Waals surface area (Å²) in [6, 6.07) is 17.6. The minimum atomic E-state index is 0.0390. The van der Waals surface area contributed by atoms with Crippen molar-refractivity contribution in [1.82, 2.24) is 9.80 Å². The molecule has 0 aliphatic carbocycles. The van der Waals surface area contributed by atoms with Crippen molar-refractivity contribution in [2.75, 3.05) is 26.2 Å². The van der Waals surface area contributed by atoms with Crippen molar-refractivity contribution >= 4 is 11.7 Å². The first-order valence-corrected chi connectivity index (χ1v) is 9.26. The molecule has 1 amide bonds. The van der Waals surface area contributed by atoms with Crippen LogP contribution >= 0.6 is 0 Å². The third-order valence-corrected chi connectivity index (χ3v) is 5.04. The Kier molecular flexibility index (Phi) is 6.18. The van der Waals surface area contributed by atoms with Crippen LogP contribution < -0.4 is 0 Å². The van der Waals surface area contributed by atoms with Gasteiger partial charge in [-0.15, -0.1) is 0 Å². The molecule has 1 saturated heterocycles. The van der Waals surface area contributed by atoms with Gasteiger partial charge >= 0.3 is 0 Å². The van der Waals surface area contributed by atoms with E-state index in [1.54, 1.807) is 12.1 Å². The molecule has 1 heterocycles. The fraction of sp³-hybridized carbons (Fsp3) is 0.364. The monoisotopic (exact) mass is 350 g/mol. The molecule has 3 rings (SSSR count). The largest absolute Gasteiger partial charge is 0.340 e. The zero-order chi connectivity index (χ0) is 18.4. The maximum Gasteiger partial charge on any atom is 0.223 e. The molecule has 4 nitrogen and oxygen atoms in total. The van der Waals surface area contributed by atoms with Crippen LogP contribution in [0.5, 0.6) is 0 Å². The molecule has 0 spiro atoms. The van der Waals surface area contributed by atoms with Gasteiger partial charge < -0.3 is 4.90 Å². The predicted octanol–water partition coefficient (Wildman–Crippen LogP) is 3.30. The van der Waals surface area contributed by atoms with Crippen LogP contribution in [-0.4, -0.2) is 47.7 Å². The number of rotatable bonds is 6. The molecular formula is C22H26N2O2. The molecule has 0 N–H and O–H groups in total. The van der Waals surface area contributed by atoms with Gasteiger partial charge in [0.25, 0.3) is 0 Å². The van der Waals surface area contributed by atoms with Gasteiger partial charge in [0.1, 0.15) is 0 Å². The van der Waals surface area contributed by atoms with Crippen LogP contribution in [0.15, 0.2) is 54.6 Å². The Balaban J connectivity index is 1.43. The van der Waals surface area contributed by atoms with Crippen molar-refractivity contribution in [3.05, 3.63) is 71.3 Å². The van der Waals surface area contributed by atoms with E-state index in [1.165, 1.54) is 11.1 Å². The fourth-order valence-corrected chi connectivity index (χ4v) is 3.33. The standard InChI is InChI=1S/C22H26N2O2/c1-18-7-5-6-10-20(18)17-23-13-15-24(16-14-23)22(26)12-11-21(25)19-8-3-2-4-9-19/h2-10H,11-17H2,1H3. The average Bonchev–Trinajstić information content (AvgIpc) is 2.69. The number of Topliss-reactive ketones (excluding diaryl/α,β-unsaturated/α-hetero) is 1. The second kappa shape index (κ2) is 8.77. The lowest BCUT2D eigenvalue weighted by atomic mass is 10.1. The Labute approximate surface area is 155 Å². The Bertz CT molecular complexity index is 750. The highest BCUT2D eigenvalue weighted by Gasteiger charge is 2.22. The molecule has 136 valence electrons. The molecule has 26 heavy (non-hydrogen) atoms. The third kappa shape index (κ3) is 4.79. The van der Waals surface area contributed by atoms with Gasteiger partial charge in [-0.2, -0.15) is 0 Å². The first-order chi connectivity index (χ1) is 12.6. The molecule has 2 aromatic rings. The van der Waals surface area contributed by atoms with E-state index in [9.17, 15) is 9.59 Å². The van der Waals surface area contributed by atoms with Crippen molar-refractivity contribution in [2.45, 2.75) is 26.3 Å². The Morgan fingerprint density at radius 1 is 0.846 bits per heavy atom. The first-order valence-electron chi connectivity index (χ1n) is 9.26. The first kappa shape index (κ1) is 18.3. The number of ketones is 1. The van der Waals surface area contributed by atoms with E-state index < -0.39 is 0 Å². The molecule has 4 heteroatoms. The molecule has 0 bridgehead atoms. The SMILES string of the molecule is Cc1ccccc1CN1CCN(C(=O)CCC(=O)c2ccccc2)CC1. The zero-order valence-corrected chi connectivity index (χ0v) is 15.4. The van der Waals surface area contributed by atoms with E-state index in [0.717, 1.165) is 32.7 Å². The summed E-state index contributed by atoms with van der Waals surface area (Å²) >= 11 is 0. The normalized spacial score (nSPS) is 15.0. The molecule has 1 fully saturated rings. The summed E-state index contributed by atoms with van der Waals surface area (Å²) in [6.07, 6.45) is 0.581. The molecule has 0 radical (unpaired) electrons. The molecular weight excluding hydrogens is 324 g/mol. The molecule has 1 aliphatic rings. The van der Waals surface area contributed by atoms with Crippen LogP contribution in [0.4, 0.5) is 0 Å². The minimum Gasteiger partial charge on any atom is -0.340 e. The summed E-state index contributed by atoms with van der Waals surface area (Å²) in [5.41, 5.74) is 3.34.